The Morgan fingerprint density at radius 3 is 2.70 bits per heavy atom. The first-order valence-corrected chi connectivity index (χ1v) is 11.2. The second-order valence-corrected chi connectivity index (χ2v) is 9.86. The number of amides is 1. The molecule has 9 heteroatoms. The number of pyridine rings is 1. The highest BCUT2D eigenvalue weighted by Crippen LogP contribution is 2.34. The predicted octanol–water partition coefficient (Wildman–Crippen LogP) is 1.69. The highest BCUT2D eigenvalue weighted by molar-refractivity contribution is 8.15. The maximum atomic E-state index is 12.2. The molecule has 0 saturated carbocycles. The quantitative estimate of drug-likeness (QED) is 0.807. The van der Waals surface area contributed by atoms with Crippen molar-refractivity contribution in [3.63, 3.8) is 0 Å². The molecule has 0 aliphatic carbocycles. The van der Waals surface area contributed by atoms with Gasteiger partial charge in [0.25, 0.3) is 5.91 Å². The fourth-order valence-corrected chi connectivity index (χ4v) is 6.71. The van der Waals surface area contributed by atoms with Crippen LogP contribution in [-0.2, 0) is 16.4 Å². The Balaban J connectivity index is 1.33. The second-order valence-electron chi connectivity index (χ2n) is 6.48. The van der Waals surface area contributed by atoms with Crippen LogP contribution in [0.4, 0.5) is 5.69 Å². The molecule has 27 heavy (non-hydrogen) atoms. The number of sulfone groups is 1. The summed E-state index contributed by atoms with van der Waals surface area (Å²) in [6.07, 6.45) is 3.41. The molecule has 4 rings (SSSR count). The van der Waals surface area contributed by atoms with E-state index >= 15 is 0 Å². The van der Waals surface area contributed by atoms with Crippen molar-refractivity contribution in [2.45, 2.75) is 17.8 Å². The Morgan fingerprint density at radius 1 is 1.19 bits per heavy atom. The molecule has 0 spiro atoms. The lowest BCUT2D eigenvalue weighted by atomic mass is 10.2. The monoisotopic (exact) mass is 402 g/mol. The molecule has 0 bridgehead atoms. The van der Waals surface area contributed by atoms with E-state index in [9.17, 15) is 13.2 Å². The van der Waals surface area contributed by atoms with Gasteiger partial charge >= 0.3 is 0 Å². The van der Waals surface area contributed by atoms with E-state index in [1.54, 1.807) is 24.5 Å². The van der Waals surface area contributed by atoms with Crippen molar-refractivity contribution in [3.05, 3.63) is 59.9 Å². The minimum atomic E-state index is -2.95. The molecule has 7 nitrogen and oxygen atoms in total. The fraction of sp³-hybridized carbons (Fsp3) is 0.278. The number of carbonyl (C=O) groups is 1. The fourth-order valence-electron chi connectivity index (χ4n) is 3.03. The summed E-state index contributed by atoms with van der Waals surface area (Å²) in [5, 5.41) is 6.80. The number of aliphatic imine (C=N–C) groups is 1. The number of nitrogens with one attached hydrogen (secondary N) is 2. The van der Waals surface area contributed by atoms with E-state index in [2.05, 4.69) is 20.6 Å². The average Bonchev–Trinajstić information content (AvgIpc) is 3.13. The summed E-state index contributed by atoms with van der Waals surface area (Å²) in [5.41, 5.74) is 2.31. The van der Waals surface area contributed by atoms with Gasteiger partial charge in [0.2, 0.25) is 0 Å². The summed E-state index contributed by atoms with van der Waals surface area (Å²) in [7, 11) is -2.95. The Hall–Kier alpha value is -2.39. The molecule has 1 fully saturated rings. The molecule has 1 aromatic heterocycles. The van der Waals surface area contributed by atoms with Gasteiger partial charge in [0, 0.05) is 35.4 Å². The summed E-state index contributed by atoms with van der Waals surface area (Å²) in [5.74, 6) is 0.164. The average molecular weight is 403 g/mol. The van der Waals surface area contributed by atoms with Crippen LogP contribution in [0.25, 0.3) is 0 Å². The topological polar surface area (TPSA) is 101 Å². The van der Waals surface area contributed by atoms with E-state index in [0.29, 0.717) is 12.1 Å². The lowest BCUT2D eigenvalue weighted by molar-refractivity contribution is 0.0951. The molecule has 2 N–H and O–H groups in total. The minimum Gasteiger partial charge on any atom is -0.348 e. The number of nitrogens with zero attached hydrogens (tertiary/aromatic N) is 2. The standard InChI is InChI=1S/C18H18N4O3S2/c23-17(20-9-12-2-1-7-19-8-12)13-3-5-14(6-4-13)21-18-22-15-10-27(24,25)11-16(15)26-18/h1-8,15-16H,9-11H2,(H,20,23)(H,21,22)/t15-,16+/m1/s1. The van der Waals surface area contributed by atoms with E-state index in [4.69, 9.17) is 0 Å². The zero-order valence-electron chi connectivity index (χ0n) is 14.3. The number of aromatic nitrogens is 1. The number of thioether (sulfide) groups is 1. The Bertz CT molecular complexity index is 975. The van der Waals surface area contributed by atoms with Gasteiger partial charge in [-0.2, -0.15) is 0 Å². The molecule has 2 aliphatic heterocycles. The Labute approximate surface area is 161 Å². The van der Waals surface area contributed by atoms with Crippen LogP contribution in [0, 0.1) is 0 Å². The maximum absolute atomic E-state index is 12.2. The largest absolute Gasteiger partial charge is 0.348 e. The van der Waals surface area contributed by atoms with Gasteiger partial charge in [-0.3, -0.25) is 14.8 Å². The molecule has 0 radical (unpaired) electrons. The van der Waals surface area contributed by atoms with Crippen LogP contribution < -0.4 is 10.6 Å². The third-order valence-corrected chi connectivity index (χ3v) is 7.53. The SMILES string of the molecule is O=C(NCc1cccnc1)c1ccc(NC2=N[C@@H]3CS(=O)(=O)C[C@@H]3S2)cc1. The van der Waals surface area contributed by atoms with Gasteiger partial charge in [0.15, 0.2) is 15.0 Å². The first-order valence-electron chi connectivity index (χ1n) is 8.48. The van der Waals surface area contributed by atoms with Crippen molar-refractivity contribution >= 4 is 38.4 Å². The number of anilines is 1. The van der Waals surface area contributed by atoms with Crippen molar-refractivity contribution in [1.82, 2.24) is 10.3 Å². The third-order valence-electron chi connectivity index (χ3n) is 4.39. The van der Waals surface area contributed by atoms with Crippen LogP contribution in [0.1, 0.15) is 15.9 Å². The van der Waals surface area contributed by atoms with Crippen molar-refractivity contribution in [2.24, 2.45) is 4.99 Å². The first kappa shape index (κ1) is 18.0. The minimum absolute atomic E-state index is 0.00928. The van der Waals surface area contributed by atoms with Crippen molar-refractivity contribution in [3.8, 4) is 0 Å². The van der Waals surface area contributed by atoms with E-state index in [1.165, 1.54) is 11.8 Å². The third kappa shape index (κ3) is 4.30. The highest BCUT2D eigenvalue weighted by atomic mass is 32.2. The zero-order chi connectivity index (χ0) is 18.9. The number of hydrogen-bond donors (Lipinski definition) is 2. The van der Waals surface area contributed by atoms with Crippen molar-refractivity contribution in [1.29, 1.82) is 0 Å². The smallest absolute Gasteiger partial charge is 0.251 e. The number of amidine groups is 1. The van der Waals surface area contributed by atoms with Gasteiger partial charge in [-0.15, -0.1) is 0 Å². The molecule has 140 valence electrons. The first-order chi connectivity index (χ1) is 13.0. The molecular weight excluding hydrogens is 384 g/mol. The van der Waals surface area contributed by atoms with Crippen LogP contribution >= 0.6 is 11.8 Å². The summed E-state index contributed by atoms with van der Waals surface area (Å²) >= 11 is 1.47. The highest BCUT2D eigenvalue weighted by Gasteiger charge is 2.42. The summed E-state index contributed by atoms with van der Waals surface area (Å²) in [4.78, 5) is 20.7. The van der Waals surface area contributed by atoms with Crippen LogP contribution in [0.3, 0.4) is 0 Å². The van der Waals surface area contributed by atoms with Gasteiger partial charge < -0.3 is 10.6 Å². The van der Waals surface area contributed by atoms with Gasteiger partial charge in [-0.05, 0) is 35.9 Å². The second kappa shape index (κ2) is 7.32. The van der Waals surface area contributed by atoms with Gasteiger partial charge in [-0.25, -0.2) is 8.42 Å². The van der Waals surface area contributed by atoms with E-state index in [-0.39, 0.29) is 28.7 Å². The molecule has 2 atom stereocenters. The van der Waals surface area contributed by atoms with Gasteiger partial charge in [0.05, 0.1) is 17.5 Å². The molecule has 2 aromatic rings. The normalized spacial score (nSPS) is 22.7. The van der Waals surface area contributed by atoms with E-state index in [1.807, 2.05) is 24.3 Å². The lowest BCUT2D eigenvalue weighted by Gasteiger charge is -2.08. The molecule has 1 aromatic carbocycles. The van der Waals surface area contributed by atoms with E-state index in [0.717, 1.165) is 16.4 Å². The number of rotatable bonds is 4. The summed E-state index contributed by atoms with van der Waals surface area (Å²) < 4.78 is 23.2. The summed E-state index contributed by atoms with van der Waals surface area (Å²) in [6, 6.07) is 10.7. The van der Waals surface area contributed by atoms with Crippen LogP contribution in [0.15, 0.2) is 53.8 Å². The maximum Gasteiger partial charge on any atom is 0.251 e. The van der Waals surface area contributed by atoms with Crippen LogP contribution in [0.2, 0.25) is 0 Å². The van der Waals surface area contributed by atoms with Crippen molar-refractivity contribution < 1.29 is 13.2 Å². The summed E-state index contributed by atoms with van der Waals surface area (Å²) in [6.45, 7) is 0.422. The number of fused-ring (bicyclic) bond motifs is 1. The van der Waals surface area contributed by atoms with Crippen molar-refractivity contribution in [2.75, 3.05) is 16.8 Å². The number of benzene rings is 1. The predicted molar refractivity (Wildman–Crippen MR) is 107 cm³/mol. The lowest BCUT2D eigenvalue weighted by Crippen LogP contribution is -2.22. The molecule has 1 saturated heterocycles. The molecule has 2 aliphatic rings. The molecule has 3 heterocycles. The van der Waals surface area contributed by atoms with E-state index < -0.39 is 9.84 Å². The van der Waals surface area contributed by atoms with Gasteiger partial charge in [0.1, 0.15) is 0 Å². The van der Waals surface area contributed by atoms with Crippen LogP contribution in [-0.4, -0.2) is 47.3 Å². The number of carbonyl (C=O) groups excluding carboxylic acids is 1. The molecular formula is C18H18N4O3S2. The van der Waals surface area contributed by atoms with Gasteiger partial charge in [-0.1, -0.05) is 17.8 Å². The van der Waals surface area contributed by atoms with Crippen LogP contribution in [0.5, 0.6) is 0 Å². The Kier molecular flexibility index (Phi) is 4.88. The number of hydrogen-bond acceptors (Lipinski definition) is 7. The molecule has 0 unspecified atom stereocenters. The zero-order valence-corrected chi connectivity index (χ0v) is 16.0. The molecule has 1 amide bonds. The Morgan fingerprint density at radius 2 is 2.00 bits per heavy atom.